The first-order valence-corrected chi connectivity index (χ1v) is 9.92. The number of nitrogens with two attached hydrogens (primary N) is 1. The van der Waals surface area contributed by atoms with Crippen LogP contribution in [0.3, 0.4) is 0 Å². The Balaban J connectivity index is 1.87. The number of hydrogen-bond donors (Lipinski definition) is 2. The minimum absolute atomic E-state index is 0.0110. The number of nitro groups is 1. The van der Waals surface area contributed by atoms with Gasteiger partial charge in [0, 0.05) is 18.2 Å². The summed E-state index contributed by atoms with van der Waals surface area (Å²) in [6.07, 6.45) is 0.161. The molecule has 0 fully saturated rings. The van der Waals surface area contributed by atoms with E-state index in [9.17, 15) is 19.7 Å². The van der Waals surface area contributed by atoms with E-state index in [2.05, 4.69) is 5.32 Å². The highest BCUT2D eigenvalue weighted by Gasteiger charge is 2.18. The molecule has 0 aliphatic heterocycles. The zero-order chi connectivity index (χ0) is 21.4. The van der Waals surface area contributed by atoms with Crippen molar-refractivity contribution in [1.82, 2.24) is 5.32 Å². The third kappa shape index (κ3) is 7.20. The minimum Gasteiger partial charge on any atom is -0.374 e. The molecule has 0 atom stereocenters. The van der Waals surface area contributed by atoms with Gasteiger partial charge in [-0.1, -0.05) is 24.3 Å². The quantitative estimate of drug-likeness (QED) is 0.348. The molecule has 0 aliphatic rings. The second-order valence-corrected chi connectivity index (χ2v) is 7.56. The number of nitrogens with one attached hydrogen (secondary N) is 1. The Hall–Kier alpha value is -2.91. The molecule has 0 unspecified atom stereocenters. The predicted octanol–water partition coefficient (Wildman–Crippen LogP) is 3.03. The van der Waals surface area contributed by atoms with Gasteiger partial charge in [0.2, 0.25) is 11.8 Å². The summed E-state index contributed by atoms with van der Waals surface area (Å²) in [7, 11) is 0. The van der Waals surface area contributed by atoms with Gasteiger partial charge in [0.25, 0.3) is 5.69 Å². The molecule has 0 heterocycles. The van der Waals surface area contributed by atoms with E-state index in [0.29, 0.717) is 18.0 Å². The van der Waals surface area contributed by atoms with Crippen LogP contribution < -0.4 is 11.1 Å². The van der Waals surface area contributed by atoms with Crippen molar-refractivity contribution in [3.05, 3.63) is 69.3 Å². The number of carbonyl (C=O) groups is 2. The van der Waals surface area contributed by atoms with Crippen molar-refractivity contribution >= 4 is 29.3 Å². The number of thioether (sulfide) groups is 1. The van der Waals surface area contributed by atoms with Gasteiger partial charge in [-0.3, -0.25) is 19.7 Å². The maximum atomic E-state index is 12.1. The van der Waals surface area contributed by atoms with Crippen LogP contribution in [0.15, 0.2) is 47.4 Å². The molecule has 154 valence electrons. The molecule has 2 aromatic carbocycles. The monoisotopic (exact) mass is 417 g/mol. The molecular weight excluding hydrogens is 394 g/mol. The lowest BCUT2D eigenvalue weighted by molar-refractivity contribution is -0.387. The number of rotatable bonds is 10. The number of benzene rings is 2. The average molecular weight is 417 g/mol. The minimum atomic E-state index is -0.746. The Morgan fingerprint density at radius 1 is 1.17 bits per heavy atom. The van der Waals surface area contributed by atoms with Gasteiger partial charge >= 0.3 is 0 Å². The Morgan fingerprint density at radius 3 is 2.41 bits per heavy atom. The third-order valence-corrected chi connectivity index (χ3v) is 4.96. The van der Waals surface area contributed by atoms with Crippen LogP contribution >= 0.6 is 11.8 Å². The Labute approximate surface area is 173 Å². The van der Waals surface area contributed by atoms with Gasteiger partial charge < -0.3 is 15.8 Å². The molecule has 0 saturated heterocycles. The van der Waals surface area contributed by atoms with E-state index < -0.39 is 10.8 Å². The van der Waals surface area contributed by atoms with E-state index in [4.69, 9.17) is 10.5 Å². The smallest absolute Gasteiger partial charge is 0.283 e. The lowest BCUT2D eigenvalue weighted by Crippen LogP contribution is -2.24. The fourth-order valence-corrected chi connectivity index (χ4v) is 3.18. The summed E-state index contributed by atoms with van der Waals surface area (Å²) in [5, 5.41) is 14.0. The molecule has 8 nitrogen and oxygen atoms in total. The number of nitro benzene ring substituents is 1. The van der Waals surface area contributed by atoms with Crippen LogP contribution in [0.2, 0.25) is 0 Å². The Kier molecular flexibility index (Phi) is 8.17. The largest absolute Gasteiger partial charge is 0.374 e. The summed E-state index contributed by atoms with van der Waals surface area (Å²) in [5.41, 5.74) is 6.94. The van der Waals surface area contributed by atoms with Crippen molar-refractivity contribution in [2.24, 2.45) is 5.73 Å². The fraction of sp³-hybridized carbons (Fsp3) is 0.300. The molecule has 29 heavy (non-hydrogen) atoms. The van der Waals surface area contributed by atoms with Crippen LogP contribution in [0, 0.1) is 10.1 Å². The van der Waals surface area contributed by atoms with Crippen molar-refractivity contribution in [2.45, 2.75) is 38.0 Å². The van der Waals surface area contributed by atoms with Crippen LogP contribution in [0.25, 0.3) is 0 Å². The summed E-state index contributed by atoms with van der Waals surface area (Å²) >= 11 is 1.03. The van der Waals surface area contributed by atoms with Gasteiger partial charge in [0.05, 0.1) is 28.3 Å². The van der Waals surface area contributed by atoms with Gasteiger partial charge in [-0.15, -0.1) is 11.8 Å². The fourth-order valence-electron chi connectivity index (χ4n) is 2.35. The number of nitrogens with zero attached hydrogens (tertiary/aromatic N) is 1. The molecule has 0 bridgehead atoms. The topological polar surface area (TPSA) is 125 Å². The highest BCUT2D eigenvalue weighted by molar-refractivity contribution is 8.00. The summed E-state index contributed by atoms with van der Waals surface area (Å²) in [6.45, 7) is 4.84. The summed E-state index contributed by atoms with van der Waals surface area (Å²) < 4.78 is 5.54. The van der Waals surface area contributed by atoms with E-state index in [1.807, 2.05) is 38.1 Å². The summed E-state index contributed by atoms with van der Waals surface area (Å²) in [6, 6.07) is 11.7. The van der Waals surface area contributed by atoms with Crippen molar-refractivity contribution in [3.63, 3.8) is 0 Å². The maximum absolute atomic E-state index is 12.1. The van der Waals surface area contributed by atoms with Crippen molar-refractivity contribution < 1.29 is 19.2 Å². The van der Waals surface area contributed by atoms with Gasteiger partial charge in [-0.05, 0) is 37.1 Å². The normalized spacial score (nSPS) is 10.7. The summed E-state index contributed by atoms with van der Waals surface area (Å²) in [5.74, 6) is -0.989. The molecular formula is C20H23N3O5S. The number of hydrogen-bond acceptors (Lipinski definition) is 6. The Bertz CT molecular complexity index is 884. The third-order valence-electron chi connectivity index (χ3n) is 3.89. The number of carbonyl (C=O) groups excluding carboxylic acids is 2. The lowest BCUT2D eigenvalue weighted by atomic mass is 10.1. The number of ether oxygens (including phenoxy) is 1. The van der Waals surface area contributed by atoms with E-state index in [1.54, 1.807) is 0 Å². The Morgan fingerprint density at radius 2 is 1.83 bits per heavy atom. The van der Waals surface area contributed by atoms with Gasteiger partial charge in [0.1, 0.15) is 0 Å². The standard InChI is InChI=1S/C20H23N3O5S/c1-13(2)28-11-15-5-3-14(4-6-15)10-22-19(24)12-29-18-8-7-16(20(21)25)9-17(18)23(26)27/h3-9,13H,10-12H2,1-2H3,(H2,21,25)(H,22,24). The van der Waals surface area contributed by atoms with Gasteiger partial charge in [-0.2, -0.15) is 0 Å². The first kappa shape index (κ1) is 22.4. The zero-order valence-electron chi connectivity index (χ0n) is 16.2. The highest BCUT2D eigenvalue weighted by atomic mass is 32.2. The van der Waals surface area contributed by atoms with Crippen LogP contribution in [0.1, 0.15) is 35.3 Å². The first-order valence-electron chi connectivity index (χ1n) is 8.93. The molecule has 3 N–H and O–H groups in total. The number of amides is 2. The SMILES string of the molecule is CC(C)OCc1ccc(CNC(=O)CSc2ccc(C(N)=O)cc2[N+](=O)[O-])cc1. The van der Waals surface area contributed by atoms with Crippen LogP contribution in [0.4, 0.5) is 5.69 Å². The maximum Gasteiger partial charge on any atom is 0.283 e. The lowest BCUT2D eigenvalue weighted by Gasteiger charge is -2.09. The molecule has 2 amide bonds. The molecule has 9 heteroatoms. The molecule has 0 saturated carbocycles. The molecule has 2 rings (SSSR count). The van der Waals surface area contributed by atoms with E-state index in [1.165, 1.54) is 12.1 Å². The van der Waals surface area contributed by atoms with E-state index >= 15 is 0 Å². The summed E-state index contributed by atoms with van der Waals surface area (Å²) in [4.78, 5) is 34.2. The van der Waals surface area contributed by atoms with Crippen molar-refractivity contribution in [2.75, 3.05) is 5.75 Å². The van der Waals surface area contributed by atoms with Crippen molar-refractivity contribution in [1.29, 1.82) is 0 Å². The van der Waals surface area contributed by atoms with E-state index in [-0.39, 0.29) is 29.0 Å². The van der Waals surface area contributed by atoms with Gasteiger partial charge in [0.15, 0.2) is 0 Å². The second kappa shape index (κ2) is 10.6. The second-order valence-electron chi connectivity index (χ2n) is 6.55. The average Bonchev–Trinajstić information content (AvgIpc) is 2.69. The van der Waals surface area contributed by atoms with Gasteiger partial charge in [-0.25, -0.2) is 0 Å². The zero-order valence-corrected chi connectivity index (χ0v) is 17.0. The molecule has 0 spiro atoms. The molecule has 0 aromatic heterocycles. The van der Waals surface area contributed by atoms with Crippen LogP contribution in [-0.4, -0.2) is 28.6 Å². The first-order chi connectivity index (χ1) is 13.8. The van der Waals surface area contributed by atoms with Crippen LogP contribution in [-0.2, 0) is 22.7 Å². The predicted molar refractivity (Wildman–Crippen MR) is 111 cm³/mol. The highest BCUT2D eigenvalue weighted by Crippen LogP contribution is 2.29. The van der Waals surface area contributed by atoms with Crippen molar-refractivity contribution in [3.8, 4) is 0 Å². The number of primary amides is 1. The van der Waals surface area contributed by atoms with E-state index in [0.717, 1.165) is 29.0 Å². The molecule has 0 aliphatic carbocycles. The molecule has 0 radical (unpaired) electrons. The molecule has 2 aromatic rings. The van der Waals surface area contributed by atoms with Crippen LogP contribution in [0.5, 0.6) is 0 Å².